The maximum Gasteiger partial charge on any atom is 0.0465 e. The highest BCUT2D eigenvalue weighted by Crippen LogP contribution is 2.57. The van der Waals surface area contributed by atoms with Crippen molar-refractivity contribution in [3.8, 4) is 44.5 Å². The summed E-state index contributed by atoms with van der Waals surface area (Å²) in [6.45, 7) is 0. The summed E-state index contributed by atoms with van der Waals surface area (Å²) in [7, 11) is 0. The largest absolute Gasteiger partial charge is 0.310 e. The van der Waals surface area contributed by atoms with Gasteiger partial charge < -0.3 is 4.90 Å². The van der Waals surface area contributed by atoms with Crippen molar-refractivity contribution in [2.24, 2.45) is 0 Å². The first-order chi connectivity index (χ1) is 36.2. The molecule has 0 unspecified atom stereocenters. The van der Waals surface area contributed by atoms with Gasteiger partial charge in [-0.1, -0.05) is 226 Å². The van der Waals surface area contributed by atoms with Crippen LogP contribution in [0, 0.1) is 0 Å². The highest BCUT2D eigenvalue weighted by Gasteiger charge is 2.44. The monoisotopic (exact) mass is 931 g/mol. The molecule has 1 saturated carbocycles. The molecule has 346 valence electrons. The van der Waals surface area contributed by atoms with E-state index in [-0.39, 0.29) is 5.41 Å². The Balaban J connectivity index is 0.846. The summed E-state index contributed by atoms with van der Waals surface area (Å²) >= 11 is 0. The van der Waals surface area contributed by atoms with Crippen molar-refractivity contribution in [1.82, 2.24) is 0 Å². The molecule has 2 aliphatic rings. The zero-order chi connectivity index (χ0) is 48.3. The maximum absolute atomic E-state index is 2.52. The zero-order valence-corrected chi connectivity index (χ0v) is 40.8. The Morgan fingerprint density at radius 3 is 1.48 bits per heavy atom. The smallest absolute Gasteiger partial charge is 0.0465 e. The van der Waals surface area contributed by atoms with Crippen LogP contribution in [0.25, 0.3) is 99.7 Å². The summed E-state index contributed by atoms with van der Waals surface area (Å²) in [6, 6.07) is 92.5. The quantitative estimate of drug-likeness (QED) is 0.108. The Morgan fingerprint density at radius 1 is 0.315 bits per heavy atom. The van der Waals surface area contributed by atoms with Gasteiger partial charge in [-0.15, -0.1) is 0 Å². The molecule has 73 heavy (non-hydrogen) atoms. The molecule has 1 heteroatoms. The number of hydrogen-bond donors (Lipinski definition) is 0. The first-order valence-electron chi connectivity index (χ1n) is 26.1. The summed E-state index contributed by atoms with van der Waals surface area (Å²) < 4.78 is 0. The molecule has 0 saturated heterocycles. The third-order valence-electron chi connectivity index (χ3n) is 16.2. The first kappa shape index (κ1) is 43.0. The summed E-state index contributed by atoms with van der Waals surface area (Å²) in [6.07, 6.45) is 10.8. The van der Waals surface area contributed by atoms with E-state index in [1.165, 1.54) is 159 Å². The molecule has 0 heterocycles. The van der Waals surface area contributed by atoms with E-state index in [0.717, 1.165) is 0 Å². The number of para-hydroxylation sites is 2. The maximum atomic E-state index is 2.52. The van der Waals surface area contributed by atoms with E-state index >= 15 is 0 Å². The lowest BCUT2D eigenvalue weighted by Crippen LogP contribution is -2.28. The number of anilines is 3. The molecule has 12 aromatic rings. The van der Waals surface area contributed by atoms with Crippen LogP contribution in [0.15, 0.2) is 249 Å². The van der Waals surface area contributed by atoms with Gasteiger partial charge in [0.2, 0.25) is 0 Å². The first-order valence-corrected chi connectivity index (χ1v) is 26.1. The van der Waals surface area contributed by atoms with Gasteiger partial charge in [-0.2, -0.15) is 0 Å². The highest BCUT2D eigenvalue weighted by atomic mass is 15.1. The van der Waals surface area contributed by atoms with Crippen LogP contribution in [0.3, 0.4) is 0 Å². The molecule has 0 aromatic heterocycles. The third kappa shape index (κ3) is 7.30. The van der Waals surface area contributed by atoms with Gasteiger partial charge in [0.15, 0.2) is 0 Å². The molecule has 1 spiro atoms. The van der Waals surface area contributed by atoms with Gasteiger partial charge in [-0.05, 0) is 177 Å². The summed E-state index contributed by atoms with van der Waals surface area (Å²) in [5.41, 5.74) is 19.2. The molecule has 0 N–H and O–H groups in total. The average molecular weight is 932 g/mol. The zero-order valence-electron chi connectivity index (χ0n) is 40.8. The van der Waals surface area contributed by atoms with Crippen LogP contribution < -0.4 is 4.90 Å². The second-order valence-corrected chi connectivity index (χ2v) is 20.3. The number of benzene rings is 12. The molecule has 0 aliphatic heterocycles. The Labute approximate surface area is 428 Å². The Bertz CT molecular complexity index is 4050. The average Bonchev–Trinajstić information content (AvgIpc) is 3.75. The number of rotatable bonds is 8. The molecular weight excluding hydrogens is 879 g/mol. The fraction of sp³-hybridized carbons (Fsp3) is 0.0833. The number of fused-ring (bicyclic) bond motifs is 12. The van der Waals surface area contributed by atoms with E-state index in [1.807, 2.05) is 0 Å². The van der Waals surface area contributed by atoms with Gasteiger partial charge in [0.25, 0.3) is 0 Å². The van der Waals surface area contributed by atoms with Crippen LogP contribution >= 0.6 is 0 Å². The molecule has 0 radical (unpaired) electrons. The van der Waals surface area contributed by atoms with Crippen LogP contribution in [-0.2, 0) is 5.41 Å². The normalized spacial score (nSPS) is 13.8. The van der Waals surface area contributed by atoms with Crippen LogP contribution in [0.5, 0.6) is 0 Å². The fourth-order valence-corrected chi connectivity index (χ4v) is 12.8. The van der Waals surface area contributed by atoms with E-state index in [2.05, 4.69) is 266 Å². The van der Waals surface area contributed by atoms with E-state index in [9.17, 15) is 0 Å². The molecule has 0 atom stereocenters. The number of nitrogens with zero attached hydrogens (tertiary/aromatic N) is 1. The van der Waals surface area contributed by atoms with Crippen molar-refractivity contribution in [2.45, 2.75) is 37.5 Å². The predicted molar refractivity (Wildman–Crippen MR) is 312 cm³/mol. The van der Waals surface area contributed by atoms with Gasteiger partial charge in [-0.25, -0.2) is 0 Å². The van der Waals surface area contributed by atoms with Gasteiger partial charge >= 0.3 is 0 Å². The molecule has 12 aromatic carbocycles. The molecule has 0 bridgehead atoms. The lowest BCUT2D eigenvalue weighted by atomic mass is 9.67. The lowest BCUT2D eigenvalue weighted by Gasteiger charge is -2.37. The standard InChI is InChI=1S/C72H53N/c1-6-20-51(21-7-1)65-48-66(69(52-22-8-2-9-23-52)71-64-31-17-15-29-60(64)59-28-14-16-30-63(59)70(65)71)55-38-37-53-44-49(34-36-54(53)46-55)32-33-50-35-40-61-62-41-39-58(47-68(62)72(67(61)45-50)42-18-5-19-43-72)73(56-24-10-3-11-25-56)57-26-12-4-13-27-57/h1-4,6-17,20-41,44-48H,5,18-19,42-43H2/b33-32+. The van der Waals surface area contributed by atoms with E-state index < -0.39 is 0 Å². The molecule has 2 aliphatic carbocycles. The second-order valence-electron chi connectivity index (χ2n) is 20.3. The lowest BCUT2D eigenvalue weighted by molar-refractivity contribution is 0.353. The summed E-state index contributed by atoms with van der Waals surface area (Å²) in [5, 5.41) is 10.2. The van der Waals surface area contributed by atoms with Crippen molar-refractivity contribution < 1.29 is 0 Å². The van der Waals surface area contributed by atoms with Gasteiger partial charge in [0.05, 0.1) is 0 Å². The summed E-state index contributed by atoms with van der Waals surface area (Å²) in [5.74, 6) is 0. The molecule has 1 fully saturated rings. The van der Waals surface area contributed by atoms with E-state index in [0.29, 0.717) is 0 Å². The van der Waals surface area contributed by atoms with Crippen molar-refractivity contribution in [1.29, 1.82) is 0 Å². The van der Waals surface area contributed by atoms with Crippen molar-refractivity contribution >= 4 is 72.3 Å². The molecular formula is C72H53N. The van der Waals surface area contributed by atoms with Crippen LogP contribution in [-0.4, -0.2) is 0 Å². The number of hydrogen-bond acceptors (Lipinski definition) is 1. The highest BCUT2D eigenvalue weighted by molar-refractivity contribution is 6.33. The van der Waals surface area contributed by atoms with E-state index in [4.69, 9.17) is 0 Å². The van der Waals surface area contributed by atoms with Crippen molar-refractivity contribution in [3.05, 3.63) is 271 Å². The minimum absolute atomic E-state index is 0.0106. The second kappa shape index (κ2) is 17.8. The van der Waals surface area contributed by atoms with Gasteiger partial charge in [-0.3, -0.25) is 0 Å². The third-order valence-corrected chi connectivity index (χ3v) is 16.2. The minimum Gasteiger partial charge on any atom is -0.310 e. The van der Waals surface area contributed by atoms with E-state index in [1.54, 1.807) is 0 Å². The minimum atomic E-state index is 0.0106. The predicted octanol–water partition coefficient (Wildman–Crippen LogP) is 20.2. The topological polar surface area (TPSA) is 3.24 Å². The SMILES string of the molecule is C(=C\c1ccc2cc(-c3cc(-c4ccccc4)c4c5ccccc5c5ccccc5c4c3-c3ccccc3)ccc2c1)/c1ccc2c(c1)C1(CCCCC1)c1cc(N(c3ccccc3)c3ccccc3)ccc1-2. The van der Waals surface area contributed by atoms with Crippen molar-refractivity contribution in [3.63, 3.8) is 0 Å². The van der Waals surface area contributed by atoms with Crippen molar-refractivity contribution in [2.75, 3.05) is 4.90 Å². The van der Waals surface area contributed by atoms with Gasteiger partial charge in [0, 0.05) is 22.5 Å². The van der Waals surface area contributed by atoms with Crippen LogP contribution in [0.1, 0.15) is 54.4 Å². The molecule has 1 nitrogen and oxygen atoms in total. The van der Waals surface area contributed by atoms with Gasteiger partial charge in [0.1, 0.15) is 0 Å². The Hall–Kier alpha value is -8.78. The molecule has 0 amide bonds. The fourth-order valence-electron chi connectivity index (χ4n) is 12.8. The summed E-state index contributed by atoms with van der Waals surface area (Å²) in [4.78, 5) is 2.41. The Morgan fingerprint density at radius 2 is 0.822 bits per heavy atom. The van der Waals surface area contributed by atoms with Crippen LogP contribution in [0.4, 0.5) is 17.1 Å². The Kier molecular flexibility index (Phi) is 10.5. The van der Waals surface area contributed by atoms with Crippen LogP contribution in [0.2, 0.25) is 0 Å². The molecule has 14 rings (SSSR count).